The van der Waals surface area contributed by atoms with Crippen molar-refractivity contribution in [3.8, 4) is 0 Å². The summed E-state index contributed by atoms with van der Waals surface area (Å²) in [5, 5.41) is 16.4. The molecule has 0 aromatic heterocycles. The van der Waals surface area contributed by atoms with Crippen LogP contribution in [-0.2, 0) is 4.79 Å². The summed E-state index contributed by atoms with van der Waals surface area (Å²) in [5.41, 5.74) is 0.176. The first-order chi connectivity index (χ1) is 4.56. The minimum absolute atomic E-state index is 0.176. The second kappa shape index (κ2) is 8.65. The fourth-order valence-electron chi connectivity index (χ4n) is 0. The quantitative estimate of drug-likeness (QED) is 0.529. The first kappa shape index (κ1) is 12.3. The van der Waals surface area contributed by atoms with Gasteiger partial charge >= 0.3 is 5.97 Å². The van der Waals surface area contributed by atoms with E-state index in [4.69, 9.17) is 10.2 Å². The normalized spacial score (nSPS) is 7.50. The molecule has 0 radical (unpaired) electrons. The summed E-state index contributed by atoms with van der Waals surface area (Å²) in [6.07, 6.45) is 0. The molecule has 0 aliphatic carbocycles. The molecule has 0 atom stereocenters. The van der Waals surface area contributed by atoms with Crippen LogP contribution in [0.25, 0.3) is 0 Å². The highest BCUT2D eigenvalue weighted by molar-refractivity contribution is 9.09. The van der Waals surface area contributed by atoms with Gasteiger partial charge in [0.1, 0.15) is 0 Å². The summed E-state index contributed by atoms with van der Waals surface area (Å²) >= 11 is 3.00. The number of aliphatic hydroxyl groups excluding tert-OH is 1. The molecular formula is C6H11BrO3. The van der Waals surface area contributed by atoms with Gasteiger partial charge in [-0.3, -0.25) is 0 Å². The van der Waals surface area contributed by atoms with Crippen LogP contribution in [0.1, 0.15) is 6.92 Å². The molecule has 0 heterocycles. The van der Waals surface area contributed by atoms with Crippen molar-refractivity contribution in [1.29, 1.82) is 0 Å². The first-order valence-corrected chi connectivity index (χ1v) is 3.74. The predicted octanol–water partition coefficient (Wildman–Crippen LogP) is 1.02. The third kappa shape index (κ3) is 15.6. The van der Waals surface area contributed by atoms with Crippen molar-refractivity contribution in [2.45, 2.75) is 6.92 Å². The zero-order chi connectivity index (χ0) is 8.57. The van der Waals surface area contributed by atoms with Crippen molar-refractivity contribution < 1.29 is 15.0 Å². The second-order valence-corrected chi connectivity index (χ2v) is 2.29. The van der Waals surface area contributed by atoms with Crippen LogP contribution < -0.4 is 0 Å². The number of hydrogen-bond donors (Lipinski definition) is 2. The van der Waals surface area contributed by atoms with Crippen molar-refractivity contribution in [2.75, 3.05) is 11.9 Å². The third-order valence-corrected chi connectivity index (χ3v) is 0.804. The van der Waals surface area contributed by atoms with Gasteiger partial charge in [-0.05, 0) is 6.92 Å². The zero-order valence-electron chi connectivity index (χ0n) is 5.80. The van der Waals surface area contributed by atoms with E-state index in [1.165, 1.54) is 6.92 Å². The van der Waals surface area contributed by atoms with Gasteiger partial charge in [-0.15, -0.1) is 0 Å². The SMILES string of the molecule is C=C(C)C(=O)O.OCCBr. The molecule has 0 saturated carbocycles. The summed E-state index contributed by atoms with van der Waals surface area (Å²) in [6, 6.07) is 0. The Morgan fingerprint density at radius 1 is 1.70 bits per heavy atom. The van der Waals surface area contributed by atoms with Crippen LogP contribution in [0.15, 0.2) is 12.2 Å². The average Bonchev–Trinajstić information content (AvgIpc) is 1.89. The lowest BCUT2D eigenvalue weighted by atomic mass is 10.4. The van der Waals surface area contributed by atoms with Gasteiger partial charge in [0, 0.05) is 10.9 Å². The van der Waals surface area contributed by atoms with Gasteiger partial charge in [-0.1, -0.05) is 22.5 Å². The summed E-state index contributed by atoms with van der Waals surface area (Å²) in [7, 11) is 0. The van der Waals surface area contributed by atoms with E-state index in [0.717, 1.165) is 0 Å². The number of halogens is 1. The van der Waals surface area contributed by atoms with Gasteiger partial charge in [0.25, 0.3) is 0 Å². The highest BCUT2D eigenvalue weighted by Crippen LogP contribution is 1.81. The highest BCUT2D eigenvalue weighted by atomic mass is 79.9. The number of alkyl halides is 1. The van der Waals surface area contributed by atoms with Gasteiger partial charge < -0.3 is 10.2 Å². The Kier molecular flexibility index (Phi) is 10.7. The van der Waals surface area contributed by atoms with Crippen LogP contribution in [0, 0.1) is 0 Å². The van der Waals surface area contributed by atoms with Crippen molar-refractivity contribution in [3.63, 3.8) is 0 Å². The number of aliphatic carboxylic acids is 1. The Bertz CT molecular complexity index is 97.6. The maximum absolute atomic E-state index is 9.60. The van der Waals surface area contributed by atoms with E-state index in [1.54, 1.807) is 0 Å². The number of hydrogen-bond acceptors (Lipinski definition) is 2. The molecule has 0 aliphatic heterocycles. The van der Waals surface area contributed by atoms with Crippen LogP contribution in [0.3, 0.4) is 0 Å². The topological polar surface area (TPSA) is 57.5 Å². The van der Waals surface area contributed by atoms with Crippen LogP contribution in [0.4, 0.5) is 0 Å². The molecule has 0 spiro atoms. The largest absolute Gasteiger partial charge is 0.478 e. The Balaban J connectivity index is 0. The first-order valence-electron chi connectivity index (χ1n) is 2.61. The molecule has 0 saturated heterocycles. The molecule has 0 amide bonds. The lowest BCUT2D eigenvalue weighted by Crippen LogP contribution is -1.92. The standard InChI is InChI=1S/C4H6O2.C2H5BrO/c1-3(2)4(5)6;3-1-2-4/h1H2,2H3,(H,5,6);4H,1-2H2. The summed E-state index contributed by atoms with van der Waals surface area (Å²) in [6.45, 7) is 4.84. The van der Waals surface area contributed by atoms with Crippen LogP contribution in [0.2, 0.25) is 0 Å². The van der Waals surface area contributed by atoms with Crippen molar-refractivity contribution in [3.05, 3.63) is 12.2 Å². The van der Waals surface area contributed by atoms with E-state index >= 15 is 0 Å². The molecule has 2 N–H and O–H groups in total. The Labute approximate surface area is 68.5 Å². The minimum Gasteiger partial charge on any atom is -0.478 e. The van der Waals surface area contributed by atoms with Crippen LogP contribution in [-0.4, -0.2) is 28.1 Å². The van der Waals surface area contributed by atoms with Crippen molar-refractivity contribution in [1.82, 2.24) is 0 Å². The molecule has 60 valence electrons. The van der Waals surface area contributed by atoms with Crippen LogP contribution >= 0.6 is 15.9 Å². The van der Waals surface area contributed by atoms with E-state index in [-0.39, 0.29) is 12.2 Å². The van der Waals surface area contributed by atoms with E-state index in [0.29, 0.717) is 5.33 Å². The van der Waals surface area contributed by atoms with Gasteiger partial charge in [0.15, 0.2) is 0 Å². The lowest BCUT2D eigenvalue weighted by molar-refractivity contribution is -0.132. The van der Waals surface area contributed by atoms with E-state index in [2.05, 4.69) is 22.5 Å². The number of carboxylic acids is 1. The molecule has 0 rings (SSSR count). The fraction of sp³-hybridized carbons (Fsp3) is 0.500. The summed E-state index contributed by atoms with van der Waals surface area (Å²) in [5.74, 6) is -0.935. The molecule has 0 bridgehead atoms. The highest BCUT2D eigenvalue weighted by Gasteiger charge is 1.90. The average molecular weight is 211 g/mol. The number of aliphatic hydroxyl groups is 1. The predicted molar refractivity (Wildman–Crippen MR) is 43.3 cm³/mol. The molecule has 0 aromatic rings. The van der Waals surface area contributed by atoms with Crippen LogP contribution in [0.5, 0.6) is 0 Å². The molecule has 0 aliphatic rings. The number of carboxylic acid groups (broad SMARTS) is 1. The maximum Gasteiger partial charge on any atom is 0.330 e. The minimum atomic E-state index is -0.935. The van der Waals surface area contributed by atoms with E-state index in [9.17, 15) is 4.79 Å². The number of rotatable bonds is 2. The Morgan fingerprint density at radius 2 is 1.90 bits per heavy atom. The molecule has 0 aromatic carbocycles. The second-order valence-electron chi connectivity index (χ2n) is 1.50. The Hall–Kier alpha value is -0.350. The molecule has 0 fully saturated rings. The molecule has 0 unspecified atom stereocenters. The summed E-state index contributed by atoms with van der Waals surface area (Å²) < 4.78 is 0. The molecule has 3 nitrogen and oxygen atoms in total. The maximum atomic E-state index is 9.60. The molecule has 10 heavy (non-hydrogen) atoms. The van der Waals surface area contributed by atoms with E-state index < -0.39 is 5.97 Å². The summed E-state index contributed by atoms with van der Waals surface area (Å²) in [4.78, 5) is 9.60. The molecular weight excluding hydrogens is 200 g/mol. The zero-order valence-corrected chi connectivity index (χ0v) is 7.39. The monoisotopic (exact) mass is 210 g/mol. The van der Waals surface area contributed by atoms with Gasteiger partial charge in [-0.2, -0.15) is 0 Å². The Morgan fingerprint density at radius 3 is 1.90 bits per heavy atom. The van der Waals surface area contributed by atoms with Gasteiger partial charge in [0.2, 0.25) is 0 Å². The van der Waals surface area contributed by atoms with Crippen molar-refractivity contribution >= 4 is 21.9 Å². The molecule has 4 heteroatoms. The third-order valence-electron chi connectivity index (χ3n) is 0.450. The lowest BCUT2D eigenvalue weighted by Gasteiger charge is -1.79. The number of carbonyl (C=O) groups is 1. The van der Waals surface area contributed by atoms with Gasteiger partial charge in [0.05, 0.1) is 6.61 Å². The fourth-order valence-corrected chi connectivity index (χ4v) is 0. The van der Waals surface area contributed by atoms with Gasteiger partial charge in [-0.25, -0.2) is 4.79 Å². The van der Waals surface area contributed by atoms with Crippen molar-refractivity contribution in [2.24, 2.45) is 0 Å². The smallest absolute Gasteiger partial charge is 0.330 e. The van der Waals surface area contributed by atoms with E-state index in [1.807, 2.05) is 0 Å².